The maximum absolute atomic E-state index is 12.1. The molecule has 4 nitrogen and oxygen atoms in total. The number of carbonyl (C=O) groups is 1. The first-order valence-electron chi connectivity index (χ1n) is 6.12. The number of nitrogens with zero attached hydrogens (tertiary/aromatic N) is 2. The monoisotopic (exact) mass is 229 g/mol. The molecule has 2 rings (SSSR count). The second-order valence-electron chi connectivity index (χ2n) is 4.50. The van der Waals surface area contributed by atoms with Gasteiger partial charge in [-0.25, -0.2) is 4.39 Å². The summed E-state index contributed by atoms with van der Waals surface area (Å²) in [5.74, 6) is 0.234. The van der Waals surface area contributed by atoms with Crippen LogP contribution in [0.2, 0.25) is 0 Å². The first-order chi connectivity index (χ1) is 7.81. The van der Waals surface area contributed by atoms with Gasteiger partial charge in [0.25, 0.3) is 0 Å². The van der Waals surface area contributed by atoms with E-state index in [1.807, 2.05) is 4.90 Å². The normalized spacial score (nSPS) is 27.3. The van der Waals surface area contributed by atoms with Crippen LogP contribution in [0.15, 0.2) is 0 Å². The van der Waals surface area contributed by atoms with Crippen LogP contribution in [-0.4, -0.2) is 67.7 Å². The van der Waals surface area contributed by atoms with Gasteiger partial charge in [-0.15, -0.1) is 0 Å². The highest BCUT2D eigenvalue weighted by Gasteiger charge is 2.28. The van der Waals surface area contributed by atoms with Crippen molar-refractivity contribution in [2.45, 2.75) is 18.9 Å². The molecule has 0 bridgehead atoms. The Morgan fingerprint density at radius 2 is 2.06 bits per heavy atom. The highest BCUT2D eigenvalue weighted by atomic mass is 19.1. The lowest BCUT2D eigenvalue weighted by Crippen LogP contribution is -2.53. The second kappa shape index (κ2) is 5.59. The summed E-state index contributed by atoms with van der Waals surface area (Å²) in [7, 11) is 0. The van der Waals surface area contributed by atoms with Crippen molar-refractivity contribution in [1.29, 1.82) is 0 Å². The van der Waals surface area contributed by atoms with Gasteiger partial charge in [0.05, 0.1) is 6.04 Å². The minimum Gasteiger partial charge on any atom is -0.339 e. The number of rotatable bonds is 3. The third-order valence-electron chi connectivity index (χ3n) is 3.44. The standard InChI is InChI=1S/C11H20FN3O/c12-3-5-14-6-8-15(9-7-14)11(16)10-2-1-4-13-10/h10,13H,1-9H2/t10-/m1/s1. The van der Waals surface area contributed by atoms with Crippen molar-refractivity contribution in [3.05, 3.63) is 0 Å². The SMILES string of the molecule is O=C([C@H]1CCCN1)N1CCN(CCF)CC1. The number of halogens is 1. The Morgan fingerprint density at radius 3 is 2.62 bits per heavy atom. The van der Waals surface area contributed by atoms with Crippen molar-refractivity contribution in [2.24, 2.45) is 0 Å². The van der Waals surface area contributed by atoms with Crippen LogP contribution < -0.4 is 5.32 Å². The predicted octanol–water partition coefficient (Wildman–Crippen LogP) is -0.148. The van der Waals surface area contributed by atoms with Gasteiger partial charge in [-0.1, -0.05) is 0 Å². The summed E-state index contributed by atoms with van der Waals surface area (Å²) in [6.07, 6.45) is 2.06. The summed E-state index contributed by atoms with van der Waals surface area (Å²) in [5.41, 5.74) is 0. The van der Waals surface area contributed by atoms with Gasteiger partial charge in [0.15, 0.2) is 0 Å². The van der Waals surface area contributed by atoms with Crippen LogP contribution in [0.5, 0.6) is 0 Å². The Balaban J connectivity index is 1.77. The van der Waals surface area contributed by atoms with E-state index >= 15 is 0 Å². The zero-order chi connectivity index (χ0) is 11.4. The van der Waals surface area contributed by atoms with Crippen LogP contribution in [0.3, 0.4) is 0 Å². The van der Waals surface area contributed by atoms with Gasteiger partial charge in [-0.2, -0.15) is 0 Å². The molecule has 0 aliphatic carbocycles. The van der Waals surface area contributed by atoms with E-state index in [0.717, 1.165) is 45.6 Å². The minimum absolute atomic E-state index is 0.0349. The average molecular weight is 229 g/mol. The van der Waals surface area contributed by atoms with Crippen molar-refractivity contribution in [1.82, 2.24) is 15.1 Å². The summed E-state index contributed by atoms with van der Waals surface area (Å²) in [6.45, 7) is 4.28. The fourth-order valence-corrected chi connectivity index (χ4v) is 2.43. The van der Waals surface area contributed by atoms with E-state index in [1.165, 1.54) is 0 Å². The average Bonchev–Trinajstić information content (AvgIpc) is 2.83. The molecule has 2 saturated heterocycles. The summed E-state index contributed by atoms with van der Waals surface area (Å²) < 4.78 is 12.1. The molecule has 2 fully saturated rings. The second-order valence-corrected chi connectivity index (χ2v) is 4.50. The van der Waals surface area contributed by atoms with Crippen molar-refractivity contribution < 1.29 is 9.18 Å². The van der Waals surface area contributed by atoms with Crippen LogP contribution in [0.25, 0.3) is 0 Å². The predicted molar refractivity (Wildman–Crippen MR) is 60.0 cm³/mol. The van der Waals surface area contributed by atoms with Crippen molar-refractivity contribution >= 4 is 5.91 Å². The Bertz CT molecular complexity index is 235. The number of piperazine rings is 1. The first-order valence-corrected chi connectivity index (χ1v) is 6.12. The zero-order valence-corrected chi connectivity index (χ0v) is 9.62. The summed E-state index contributed by atoms with van der Waals surface area (Å²) in [4.78, 5) is 16.0. The molecule has 0 aromatic heterocycles. The first kappa shape index (κ1) is 11.8. The number of amides is 1. The molecule has 2 aliphatic heterocycles. The molecule has 1 amide bonds. The van der Waals surface area contributed by atoms with Gasteiger partial charge in [0.1, 0.15) is 6.67 Å². The maximum atomic E-state index is 12.1. The lowest BCUT2D eigenvalue weighted by Gasteiger charge is -2.35. The highest BCUT2D eigenvalue weighted by Crippen LogP contribution is 2.10. The van der Waals surface area contributed by atoms with Crippen LogP contribution in [0, 0.1) is 0 Å². The van der Waals surface area contributed by atoms with E-state index in [4.69, 9.17) is 0 Å². The quantitative estimate of drug-likeness (QED) is 0.731. The molecule has 0 saturated carbocycles. The fourth-order valence-electron chi connectivity index (χ4n) is 2.43. The molecule has 2 heterocycles. The van der Waals surface area contributed by atoms with Crippen LogP contribution >= 0.6 is 0 Å². The lowest BCUT2D eigenvalue weighted by molar-refractivity contribution is -0.134. The van der Waals surface area contributed by atoms with E-state index in [2.05, 4.69) is 10.2 Å². The third kappa shape index (κ3) is 2.71. The van der Waals surface area contributed by atoms with E-state index in [9.17, 15) is 9.18 Å². The largest absolute Gasteiger partial charge is 0.339 e. The van der Waals surface area contributed by atoms with Gasteiger partial charge in [-0.05, 0) is 19.4 Å². The van der Waals surface area contributed by atoms with Crippen LogP contribution in [0.1, 0.15) is 12.8 Å². The van der Waals surface area contributed by atoms with Crippen molar-refractivity contribution in [3.8, 4) is 0 Å². The maximum Gasteiger partial charge on any atom is 0.239 e. The molecule has 1 N–H and O–H groups in total. The number of alkyl halides is 1. The molecule has 0 radical (unpaired) electrons. The van der Waals surface area contributed by atoms with E-state index in [0.29, 0.717) is 6.54 Å². The van der Waals surface area contributed by atoms with Crippen LogP contribution in [-0.2, 0) is 4.79 Å². The molecular weight excluding hydrogens is 209 g/mol. The lowest BCUT2D eigenvalue weighted by atomic mass is 10.2. The molecule has 0 unspecified atom stereocenters. The summed E-state index contributed by atoms with van der Waals surface area (Å²) in [5, 5.41) is 3.23. The Hall–Kier alpha value is -0.680. The number of nitrogens with one attached hydrogen (secondary N) is 1. The fraction of sp³-hybridized carbons (Fsp3) is 0.909. The molecule has 0 spiro atoms. The molecule has 2 aliphatic rings. The molecule has 1 atom stereocenters. The highest BCUT2D eigenvalue weighted by molar-refractivity contribution is 5.82. The van der Waals surface area contributed by atoms with E-state index in [1.54, 1.807) is 0 Å². The molecule has 0 aromatic rings. The topological polar surface area (TPSA) is 35.6 Å². The van der Waals surface area contributed by atoms with Crippen molar-refractivity contribution in [3.63, 3.8) is 0 Å². The number of hydrogen-bond donors (Lipinski definition) is 1. The minimum atomic E-state index is -0.294. The Labute approximate surface area is 95.8 Å². The van der Waals surface area contributed by atoms with Crippen molar-refractivity contribution in [2.75, 3.05) is 45.9 Å². The molecule has 0 aromatic carbocycles. The van der Waals surface area contributed by atoms with Gasteiger partial charge in [0, 0.05) is 32.7 Å². The van der Waals surface area contributed by atoms with Gasteiger partial charge in [0.2, 0.25) is 5.91 Å². The Morgan fingerprint density at radius 1 is 1.31 bits per heavy atom. The zero-order valence-electron chi connectivity index (χ0n) is 9.62. The number of carbonyl (C=O) groups excluding carboxylic acids is 1. The molecule has 5 heteroatoms. The summed E-state index contributed by atoms with van der Waals surface area (Å²) >= 11 is 0. The summed E-state index contributed by atoms with van der Waals surface area (Å²) in [6, 6.07) is 0.0349. The van der Waals surface area contributed by atoms with Gasteiger partial charge >= 0.3 is 0 Å². The Kier molecular flexibility index (Phi) is 4.12. The molecule has 16 heavy (non-hydrogen) atoms. The smallest absolute Gasteiger partial charge is 0.239 e. The molecular formula is C11H20FN3O. The molecule has 92 valence electrons. The van der Waals surface area contributed by atoms with Gasteiger partial charge in [-0.3, -0.25) is 9.69 Å². The third-order valence-corrected chi connectivity index (χ3v) is 3.44. The number of hydrogen-bond acceptors (Lipinski definition) is 3. The van der Waals surface area contributed by atoms with Gasteiger partial charge < -0.3 is 10.2 Å². The van der Waals surface area contributed by atoms with E-state index in [-0.39, 0.29) is 18.6 Å². The van der Waals surface area contributed by atoms with Crippen LogP contribution in [0.4, 0.5) is 4.39 Å². The van der Waals surface area contributed by atoms with E-state index < -0.39 is 0 Å².